The third-order valence-electron chi connectivity index (χ3n) is 4.06. The van der Waals surface area contributed by atoms with E-state index in [0.29, 0.717) is 18.1 Å². The van der Waals surface area contributed by atoms with Gasteiger partial charge < -0.3 is 9.84 Å². The molecule has 0 bridgehead atoms. The maximum Gasteiger partial charge on any atom is 0.165 e. The van der Waals surface area contributed by atoms with Crippen LogP contribution in [0.1, 0.15) is 49.7 Å². The second-order valence-electron chi connectivity index (χ2n) is 5.38. The van der Waals surface area contributed by atoms with Gasteiger partial charge in [-0.3, -0.25) is 0 Å². The number of phenols is 1. The van der Waals surface area contributed by atoms with Gasteiger partial charge >= 0.3 is 0 Å². The molecule has 3 heteroatoms. The van der Waals surface area contributed by atoms with Crippen molar-refractivity contribution in [3.8, 4) is 11.5 Å². The lowest BCUT2D eigenvalue weighted by atomic mass is 9.90. The van der Waals surface area contributed by atoms with Crippen LogP contribution in [-0.4, -0.2) is 11.7 Å². The van der Waals surface area contributed by atoms with Crippen LogP contribution in [0.2, 0.25) is 0 Å². The number of ether oxygens (including phenoxy) is 1. The van der Waals surface area contributed by atoms with Crippen molar-refractivity contribution in [2.75, 3.05) is 6.61 Å². The quantitative estimate of drug-likeness (QED) is 0.851. The number of hydrogen-bond donors (Lipinski definition) is 1. The first-order chi connectivity index (χ1) is 8.09. The zero-order valence-electron chi connectivity index (χ0n) is 10.2. The zero-order valence-corrected chi connectivity index (χ0v) is 10.2. The summed E-state index contributed by atoms with van der Waals surface area (Å²) in [6.07, 6.45) is 2.37. The summed E-state index contributed by atoms with van der Waals surface area (Å²) < 4.78 is 19.2. The van der Waals surface area contributed by atoms with Crippen LogP contribution in [0.15, 0.2) is 6.07 Å². The van der Waals surface area contributed by atoms with Crippen LogP contribution in [-0.2, 0) is 0 Å². The highest BCUT2D eigenvalue weighted by Crippen LogP contribution is 2.50. The van der Waals surface area contributed by atoms with Gasteiger partial charge in [-0.2, -0.15) is 0 Å². The number of fused-ring (bicyclic) bond motifs is 1. The van der Waals surface area contributed by atoms with Gasteiger partial charge in [-0.15, -0.1) is 0 Å². The average molecular weight is 236 g/mol. The second kappa shape index (κ2) is 3.62. The molecule has 1 aromatic rings. The fourth-order valence-electron chi connectivity index (χ4n) is 2.75. The zero-order chi connectivity index (χ0) is 12.2. The molecule has 1 aromatic carbocycles. The highest BCUT2D eigenvalue weighted by atomic mass is 19.1. The minimum Gasteiger partial charge on any atom is -0.507 e. The molecule has 0 amide bonds. The van der Waals surface area contributed by atoms with E-state index in [1.807, 2.05) is 6.92 Å². The van der Waals surface area contributed by atoms with Crippen LogP contribution in [0.5, 0.6) is 11.5 Å². The number of benzene rings is 1. The molecule has 1 heterocycles. The van der Waals surface area contributed by atoms with Gasteiger partial charge in [0.1, 0.15) is 5.75 Å². The molecule has 0 spiro atoms. The van der Waals surface area contributed by atoms with Crippen molar-refractivity contribution >= 4 is 0 Å². The molecule has 0 radical (unpaired) electrons. The van der Waals surface area contributed by atoms with Crippen molar-refractivity contribution in [2.24, 2.45) is 5.92 Å². The molecule has 2 nitrogen and oxygen atoms in total. The van der Waals surface area contributed by atoms with E-state index in [0.717, 1.165) is 5.56 Å². The maximum atomic E-state index is 13.9. The standard InChI is InChI=1S/C14H17FO2/c1-7-6-17-14-11(15)5-10(13(16)12(7)14)8(2)9-3-4-9/h5,7-9,16H,3-4,6H2,1-2H3/t7-,8-/m1/s1. The summed E-state index contributed by atoms with van der Waals surface area (Å²) in [6.45, 7) is 4.48. The molecule has 1 saturated carbocycles. The SMILES string of the molecule is C[C@@H]1COc2c(F)cc([C@H](C)C3CC3)c(O)c21. The van der Waals surface area contributed by atoms with Crippen molar-refractivity contribution in [1.29, 1.82) is 0 Å². The lowest BCUT2D eigenvalue weighted by molar-refractivity contribution is 0.322. The molecule has 2 atom stereocenters. The van der Waals surface area contributed by atoms with Crippen LogP contribution in [0, 0.1) is 11.7 Å². The normalized spacial score (nSPS) is 24.3. The molecule has 1 fully saturated rings. The van der Waals surface area contributed by atoms with Crippen molar-refractivity contribution in [3.05, 3.63) is 23.0 Å². The van der Waals surface area contributed by atoms with Crippen LogP contribution >= 0.6 is 0 Å². The van der Waals surface area contributed by atoms with Gasteiger partial charge in [-0.05, 0) is 30.7 Å². The van der Waals surface area contributed by atoms with E-state index in [-0.39, 0.29) is 29.2 Å². The largest absolute Gasteiger partial charge is 0.507 e. The number of rotatable bonds is 2. The van der Waals surface area contributed by atoms with Gasteiger partial charge in [0.05, 0.1) is 6.61 Å². The van der Waals surface area contributed by atoms with E-state index in [4.69, 9.17) is 4.74 Å². The van der Waals surface area contributed by atoms with Crippen molar-refractivity contribution in [2.45, 2.75) is 38.5 Å². The Labute approximate surface area is 100 Å². The number of aromatic hydroxyl groups is 1. The summed E-state index contributed by atoms with van der Waals surface area (Å²) in [4.78, 5) is 0. The summed E-state index contributed by atoms with van der Waals surface area (Å²) in [5, 5.41) is 10.3. The van der Waals surface area contributed by atoms with Crippen molar-refractivity contribution < 1.29 is 14.2 Å². The molecule has 0 aromatic heterocycles. The Bertz CT molecular complexity index is 466. The summed E-state index contributed by atoms with van der Waals surface area (Å²) in [6, 6.07) is 1.45. The Hall–Kier alpha value is -1.25. The van der Waals surface area contributed by atoms with E-state index in [1.54, 1.807) is 0 Å². The molecular weight excluding hydrogens is 219 g/mol. The molecule has 17 heavy (non-hydrogen) atoms. The lowest BCUT2D eigenvalue weighted by Gasteiger charge is -2.16. The predicted molar refractivity (Wildman–Crippen MR) is 63.1 cm³/mol. The minimum atomic E-state index is -0.329. The topological polar surface area (TPSA) is 29.5 Å². The molecule has 2 aliphatic rings. The highest BCUT2D eigenvalue weighted by Gasteiger charge is 2.35. The summed E-state index contributed by atoms with van der Waals surface area (Å²) >= 11 is 0. The summed E-state index contributed by atoms with van der Waals surface area (Å²) in [5.74, 6) is 1.10. The van der Waals surface area contributed by atoms with E-state index in [2.05, 4.69) is 6.92 Å². The van der Waals surface area contributed by atoms with E-state index >= 15 is 0 Å². The van der Waals surface area contributed by atoms with Gasteiger partial charge in [0, 0.05) is 17.0 Å². The Morgan fingerprint density at radius 3 is 2.82 bits per heavy atom. The Morgan fingerprint density at radius 2 is 2.18 bits per heavy atom. The van der Waals surface area contributed by atoms with Gasteiger partial charge in [0.2, 0.25) is 0 Å². The Morgan fingerprint density at radius 1 is 1.47 bits per heavy atom. The molecule has 1 aliphatic carbocycles. The molecule has 0 saturated heterocycles. The number of phenolic OH excluding ortho intramolecular Hbond substituents is 1. The lowest BCUT2D eigenvalue weighted by Crippen LogP contribution is -2.00. The van der Waals surface area contributed by atoms with E-state index in [9.17, 15) is 9.50 Å². The van der Waals surface area contributed by atoms with Crippen LogP contribution in [0.25, 0.3) is 0 Å². The monoisotopic (exact) mass is 236 g/mol. The first-order valence-corrected chi connectivity index (χ1v) is 6.27. The highest BCUT2D eigenvalue weighted by molar-refractivity contribution is 5.55. The molecule has 3 rings (SSSR count). The molecular formula is C14H17FO2. The fourth-order valence-corrected chi connectivity index (χ4v) is 2.75. The van der Waals surface area contributed by atoms with Gasteiger partial charge in [-0.25, -0.2) is 4.39 Å². The number of halogens is 1. The van der Waals surface area contributed by atoms with Gasteiger partial charge in [0.25, 0.3) is 0 Å². The third-order valence-corrected chi connectivity index (χ3v) is 4.06. The summed E-state index contributed by atoms with van der Waals surface area (Å²) in [7, 11) is 0. The Balaban J connectivity index is 2.11. The molecule has 1 aliphatic heterocycles. The predicted octanol–water partition coefficient (Wildman–Crippen LogP) is 3.54. The average Bonchev–Trinajstić information content (AvgIpc) is 3.06. The maximum absolute atomic E-state index is 13.9. The van der Waals surface area contributed by atoms with Crippen molar-refractivity contribution in [3.63, 3.8) is 0 Å². The van der Waals surface area contributed by atoms with Gasteiger partial charge in [-0.1, -0.05) is 13.8 Å². The Kier molecular flexibility index (Phi) is 2.32. The third kappa shape index (κ3) is 1.60. The van der Waals surface area contributed by atoms with Crippen molar-refractivity contribution in [1.82, 2.24) is 0 Å². The first-order valence-electron chi connectivity index (χ1n) is 6.27. The van der Waals surface area contributed by atoms with Crippen LogP contribution in [0.3, 0.4) is 0 Å². The number of hydrogen-bond acceptors (Lipinski definition) is 2. The second-order valence-corrected chi connectivity index (χ2v) is 5.38. The first kappa shape index (κ1) is 10.9. The van der Waals surface area contributed by atoms with Crippen LogP contribution < -0.4 is 4.74 Å². The molecule has 92 valence electrons. The molecule has 0 unspecified atom stereocenters. The van der Waals surface area contributed by atoms with Gasteiger partial charge in [0.15, 0.2) is 11.6 Å². The van der Waals surface area contributed by atoms with Crippen LogP contribution in [0.4, 0.5) is 4.39 Å². The van der Waals surface area contributed by atoms with E-state index in [1.165, 1.54) is 18.9 Å². The summed E-state index contributed by atoms with van der Waals surface area (Å²) in [5.41, 5.74) is 1.41. The van der Waals surface area contributed by atoms with E-state index < -0.39 is 0 Å². The smallest absolute Gasteiger partial charge is 0.165 e. The minimum absolute atomic E-state index is 0.0749. The fraction of sp³-hybridized carbons (Fsp3) is 0.571. The molecule has 1 N–H and O–H groups in total.